The van der Waals surface area contributed by atoms with Crippen LogP contribution in [0, 0.1) is 19.7 Å². The highest BCUT2D eigenvalue weighted by Crippen LogP contribution is 2.42. The third-order valence-electron chi connectivity index (χ3n) is 6.63. The first-order valence-corrected chi connectivity index (χ1v) is 12.2. The van der Waals surface area contributed by atoms with E-state index >= 15 is 0 Å². The van der Waals surface area contributed by atoms with Crippen LogP contribution in [0.25, 0.3) is 5.76 Å². The molecular formula is C32H26FNO4. The first-order valence-electron chi connectivity index (χ1n) is 12.2. The van der Waals surface area contributed by atoms with Crippen molar-refractivity contribution in [1.29, 1.82) is 0 Å². The lowest BCUT2D eigenvalue weighted by atomic mass is 9.94. The van der Waals surface area contributed by atoms with E-state index in [4.69, 9.17) is 4.74 Å². The molecule has 1 amide bonds. The van der Waals surface area contributed by atoms with Crippen molar-refractivity contribution in [1.82, 2.24) is 0 Å². The maximum Gasteiger partial charge on any atom is 0.300 e. The van der Waals surface area contributed by atoms with Crippen LogP contribution in [0.2, 0.25) is 0 Å². The van der Waals surface area contributed by atoms with Crippen LogP contribution in [-0.2, 0) is 16.2 Å². The molecule has 4 aromatic carbocycles. The minimum Gasteiger partial charge on any atom is -0.507 e. The van der Waals surface area contributed by atoms with Crippen LogP contribution in [0.1, 0.15) is 33.9 Å². The van der Waals surface area contributed by atoms with Gasteiger partial charge in [-0.1, -0.05) is 60.2 Å². The van der Waals surface area contributed by atoms with E-state index in [1.54, 1.807) is 30.3 Å². The highest BCUT2D eigenvalue weighted by molar-refractivity contribution is 6.51. The van der Waals surface area contributed by atoms with Crippen LogP contribution in [0.5, 0.6) is 5.75 Å². The molecule has 1 fully saturated rings. The Morgan fingerprint density at radius 3 is 2.24 bits per heavy atom. The van der Waals surface area contributed by atoms with Crippen molar-refractivity contribution in [3.63, 3.8) is 0 Å². The van der Waals surface area contributed by atoms with Crippen LogP contribution < -0.4 is 9.64 Å². The number of ether oxygens (including phenoxy) is 1. The van der Waals surface area contributed by atoms with E-state index in [9.17, 15) is 19.1 Å². The van der Waals surface area contributed by atoms with Gasteiger partial charge in [0.15, 0.2) is 0 Å². The molecule has 1 aliphatic rings. The van der Waals surface area contributed by atoms with Crippen LogP contribution in [0.15, 0.2) is 103 Å². The molecule has 1 unspecified atom stereocenters. The van der Waals surface area contributed by atoms with Gasteiger partial charge in [0.2, 0.25) is 0 Å². The van der Waals surface area contributed by atoms with E-state index in [1.807, 2.05) is 56.3 Å². The molecule has 190 valence electrons. The van der Waals surface area contributed by atoms with Gasteiger partial charge >= 0.3 is 0 Å². The standard InChI is InChI=1S/C32H26FNO4/c1-20-8-15-26(16-9-20)34-29(23-10-13-25(33)14-11-23)28(31(36)32(34)37)30(35)24-12-17-27(21(2)18-24)38-19-22-6-4-3-5-7-22/h3-18,29,35H,19H2,1-2H3/b30-28-. The summed E-state index contributed by atoms with van der Waals surface area (Å²) in [6.07, 6.45) is 0. The van der Waals surface area contributed by atoms with Crippen LogP contribution in [0.3, 0.4) is 0 Å². The van der Waals surface area contributed by atoms with Crippen LogP contribution in [-0.4, -0.2) is 16.8 Å². The lowest BCUT2D eigenvalue weighted by Gasteiger charge is -2.25. The summed E-state index contributed by atoms with van der Waals surface area (Å²) in [5.74, 6) is -1.67. The maximum atomic E-state index is 13.7. The third-order valence-corrected chi connectivity index (χ3v) is 6.63. The van der Waals surface area contributed by atoms with Crippen LogP contribution >= 0.6 is 0 Å². The van der Waals surface area contributed by atoms with Gasteiger partial charge in [0.05, 0.1) is 11.6 Å². The zero-order chi connectivity index (χ0) is 26.8. The lowest BCUT2D eigenvalue weighted by Crippen LogP contribution is -2.29. The fraction of sp³-hybridized carbons (Fsp3) is 0.125. The topological polar surface area (TPSA) is 66.8 Å². The number of carbonyl (C=O) groups is 2. The zero-order valence-corrected chi connectivity index (χ0v) is 21.0. The summed E-state index contributed by atoms with van der Waals surface area (Å²) in [5.41, 5.74) is 4.11. The molecule has 1 saturated heterocycles. The molecular weight excluding hydrogens is 481 g/mol. The third kappa shape index (κ3) is 4.81. The van der Waals surface area contributed by atoms with Crippen molar-refractivity contribution in [3.05, 3.63) is 136 Å². The van der Waals surface area contributed by atoms with E-state index in [-0.39, 0.29) is 11.3 Å². The average Bonchev–Trinajstić information content (AvgIpc) is 3.19. The normalized spacial score (nSPS) is 16.6. The SMILES string of the molecule is Cc1ccc(N2C(=O)C(=O)/C(=C(\O)c3ccc(OCc4ccccc4)c(C)c3)C2c2ccc(F)cc2)cc1. The Kier molecular flexibility index (Phi) is 6.79. The van der Waals surface area contributed by atoms with Gasteiger partial charge in [0.25, 0.3) is 11.7 Å². The van der Waals surface area contributed by atoms with Crippen molar-refractivity contribution < 1.29 is 23.8 Å². The summed E-state index contributed by atoms with van der Waals surface area (Å²) < 4.78 is 19.7. The number of ketones is 1. The Labute approximate surface area is 220 Å². The molecule has 1 aliphatic heterocycles. The monoisotopic (exact) mass is 507 g/mol. The number of Topliss-reactive ketones (excluding diaryl/α,β-unsaturated/α-hetero) is 1. The number of aliphatic hydroxyl groups is 1. The van der Waals surface area contributed by atoms with Crippen molar-refractivity contribution in [3.8, 4) is 5.75 Å². The first kappa shape index (κ1) is 25.0. The second kappa shape index (κ2) is 10.3. The molecule has 0 bridgehead atoms. The predicted octanol–water partition coefficient (Wildman–Crippen LogP) is 6.65. The summed E-state index contributed by atoms with van der Waals surface area (Å²) in [4.78, 5) is 27.9. The number of aliphatic hydroxyl groups excluding tert-OH is 1. The van der Waals surface area contributed by atoms with Crippen LogP contribution in [0.4, 0.5) is 10.1 Å². The van der Waals surface area contributed by atoms with E-state index < -0.39 is 23.5 Å². The van der Waals surface area contributed by atoms with E-state index in [1.165, 1.54) is 29.2 Å². The number of carbonyl (C=O) groups excluding carboxylic acids is 2. The molecule has 6 heteroatoms. The number of benzene rings is 4. The lowest BCUT2D eigenvalue weighted by molar-refractivity contribution is -0.132. The Morgan fingerprint density at radius 2 is 1.58 bits per heavy atom. The summed E-state index contributed by atoms with van der Waals surface area (Å²) in [5, 5.41) is 11.4. The van der Waals surface area contributed by atoms with Gasteiger partial charge in [-0.25, -0.2) is 4.39 Å². The molecule has 0 saturated carbocycles. The van der Waals surface area contributed by atoms with Crippen molar-refractivity contribution in [2.45, 2.75) is 26.5 Å². The van der Waals surface area contributed by atoms with Crippen molar-refractivity contribution in [2.24, 2.45) is 0 Å². The average molecular weight is 508 g/mol. The van der Waals surface area contributed by atoms with Gasteiger partial charge in [0, 0.05) is 11.3 Å². The van der Waals surface area contributed by atoms with Crippen molar-refractivity contribution >= 4 is 23.1 Å². The second-order valence-electron chi connectivity index (χ2n) is 9.31. The molecule has 0 radical (unpaired) electrons. The van der Waals surface area contributed by atoms with E-state index in [0.717, 1.165) is 16.7 Å². The quantitative estimate of drug-likeness (QED) is 0.180. The summed E-state index contributed by atoms with van der Waals surface area (Å²) in [7, 11) is 0. The Hall–Kier alpha value is -4.71. The van der Waals surface area contributed by atoms with E-state index in [2.05, 4.69) is 0 Å². The number of aryl methyl sites for hydroxylation is 2. The summed E-state index contributed by atoms with van der Waals surface area (Å²) in [6.45, 7) is 4.16. The fourth-order valence-corrected chi connectivity index (χ4v) is 4.61. The summed E-state index contributed by atoms with van der Waals surface area (Å²) >= 11 is 0. The highest BCUT2D eigenvalue weighted by atomic mass is 19.1. The molecule has 1 atom stereocenters. The molecule has 5 rings (SSSR count). The van der Waals surface area contributed by atoms with Gasteiger partial charge < -0.3 is 9.84 Å². The minimum atomic E-state index is -0.924. The Balaban J connectivity index is 1.55. The Bertz CT molecular complexity index is 1530. The number of rotatable bonds is 6. The number of hydrogen-bond acceptors (Lipinski definition) is 4. The maximum absolute atomic E-state index is 13.7. The smallest absolute Gasteiger partial charge is 0.300 e. The zero-order valence-electron chi connectivity index (χ0n) is 21.0. The predicted molar refractivity (Wildman–Crippen MR) is 144 cm³/mol. The van der Waals surface area contributed by atoms with Gasteiger partial charge in [-0.15, -0.1) is 0 Å². The number of nitrogens with zero attached hydrogens (tertiary/aromatic N) is 1. The Morgan fingerprint density at radius 1 is 0.895 bits per heavy atom. The molecule has 0 spiro atoms. The van der Waals surface area contributed by atoms with E-state index in [0.29, 0.717) is 29.2 Å². The van der Waals surface area contributed by atoms with Gasteiger partial charge in [0.1, 0.15) is 23.9 Å². The van der Waals surface area contributed by atoms with Gasteiger partial charge in [-0.3, -0.25) is 14.5 Å². The minimum absolute atomic E-state index is 0.0560. The molecule has 0 aliphatic carbocycles. The molecule has 5 nitrogen and oxygen atoms in total. The first-order chi connectivity index (χ1) is 18.3. The number of anilines is 1. The highest BCUT2D eigenvalue weighted by Gasteiger charge is 2.47. The fourth-order valence-electron chi connectivity index (χ4n) is 4.61. The number of hydrogen-bond donors (Lipinski definition) is 1. The molecule has 38 heavy (non-hydrogen) atoms. The molecule has 1 heterocycles. The number of amides is 1. The molecule has 0 aromatic heterocycles. The van der Waals surface area contributed by atoms with Gasteiger partial charge in [-0.05, 0) is 73.0 Å². The molecule has 4 aromatic rings. The largest absolute Gasteiger partial charge is 0.507 e. The number of halogens is 1. The van der Waals surface area contributed by atoms with Gasteiger partial charge in [-0.2, -0.15) is 0 Å². The molecule has 1 N–H and O–H groups in total. The summed E-state index contributed by atoms with van der Waals surface area (Å²) in [6, 6.07) is 26.7. The van der Waals surface area contributed by atoms with Crippen molar-refractivity contribution in [2.75, 3.05) is 4.90 Å². The second-order valence-corrected chi connectivity index (χ2v) is 9.31.